The van der Waals surface area contributed by atoms with Gasteiger partial charge in [-0.25, -0.2) is 4.79 Å². The van der Waals surface area contributed by atoms with Crippen LogP contribution < -0.4 is 15.2 Å². The van der Waals surface area contributed by atoms with Crippen molar-refractivity contribution >= 4 is 0 Å². The summed E-state index contributed by atoms with van der Waals surface area (Å²) in [6.07, 6.45) is 0.521. The van der Waals surface area contributed by atoms with Crippen molar-refractivity contribution < 1.29 is 23.4 Å². The van der Waals surface area contributed by atoms with Gasteiger partial charge in [-0.05, 0) is 43.3 Å². The SMILES string of the molecule is CCOc1ccc(OC[C@@H](O)Cn2nc(-c3ccco3)oc2=O)cc1. The number of aliphatic hydroxyl groups is 1. The van der Waals surface area contributed by atoms with Gasteiger partial charge < -0.3 is 23.4 Å². The van der Waals surface area contributed by atoms with E-state index in [-0.39, 0.29) is 19.0 Å². The number of aliphatic hydroxyl groups excluding tert-OH is 1. The number of nitrogens with zero attached hydrogens (tertiary/aromatic N) is 2. The number of aromatic nitrogens is 2. The highest BCUT2D eigenvalue weighted by Crippen LogP contribution is 2.18. The van der Waals surface area contributed by atoms with Gasteiger partial charge in [-0.1, -0.05) is 0 Å². The van der Waals surface area contributed by atoms with E-state index in [2.05, 4.69) is 5.10 Å². The van der Waals surface area contributed by atoms with E-state index >= 15 is 0 Å². The molecular weight excluding hydrogens is 328 g/mol. The van der Waals surface area contributed by atoms with Gasteiger partial charge in [0.2, 0.25) is 0 Å². The van der Waals surface area contributed by atoms with Crippen LogP contribution in [-0.4, -0.2) is 34.2 Å². The van der Waals surface area contributed by atoms with Crippen LogP contribution in [0.4, 0.5) is 0 Å². The molecule has 3 aromatic rings. The summed E-state index contributed by atoms with van der Waals surface area (Å²) in [5, 5.41) is 14.0. The van der Waals surface area contributed by atoms with Crippen molar-refractivity contribution in [3.8, 4) is 23.1 Å². The van der Waals surface area contributed by atoms with Crippen LogP contribution in [-0.2, 0) is 6.54 Å². The lowest BCUT2D eigenvalue weighted by atomic mass is 10.3. The van der Waals surface area contributed by atoms with Gasteiger partial charge in [0.05, 0.1) is 19.4 Å². The van der Waals surface area contributed by atoms with E-state index in [0.29, 0.717) is 18.1 Å². The van der Waals surface area contributed by atoms with Crippen LogP contribution in [0.3, 0.4) is 0 Å². The fourth-order valence-corrected chi connectivity index (χ4v) is 2.16. The van der Waals surface area contributed by atoms with Crippen molar-refractivity contribution in [1.82, 2.24) is 9.78 Å². The minimum atomic E-state index is -0.932. The van der Waals surface area contributed by atoms with Crippen LogP contribution in [0.5, 0.6) is 11.5 Å². The molecule has 25 heavy (non-hydrogen) atoms. The average Bonchev–Trinajstić information content (AvgIpc) is 3.25. The van der Waals surface area contributed by atoms with Crippen LogP contribution in [0.2, 0.25) is 0 Å². The first kappa shape index (κ1) is 16.8. The van der Waals surface area contributed by atoms with Gasteiger partial charge in [0, 0.05) is 0 Å². The maximum absolute atomic E-state index is 11.8. The van der Waals surface area contributed by atoms with Crippen LogP contribution in [0.15, 0.2) is 56.3 Å². The molecule has 0 spiro atoms. The summed E-state index contributed by atoms with van der Waals surface area (Å²) in [4.78, 5) is 11.8. The molecule has 1 aromatic carbocycles. The number of benzene rings is 1. The van der Waals surface area contributed by atoms with Crippen molar-refractivity contribution in [3.63, 3.8) is 0 Å². The molecule has 0 saturated heterocycles. The van der Waals surface area contributed by atoms with Crippen molar-refractivity contribution in [2.75, 3.05) is 13.2 Å². The second-order valence-electron chi connectivity index (χ2n) is 5.20. The number of hydrogen-bond acceptors (Lipinski definition) is 7. The molecule has 0 amide bonds. The van der Waals surface area contributed by atoms with Gasteiger partial charge in [-0.2, -0.15) is 4.68 Å². The van der Waals surface area contributed by atoms with E-state index < -0.39 is 11.9 Å². The molecule has 0 bridgehead atoms. The average molecular weight is 346 g/mol. The molecule has 0 radical (unpaired) electrons. The zero-order valence-electron chi connectivity index (χ0n) is 13.6. The molecule has 8 heteroatoms. The molecule has 3 rings (SSSR count). The second-order valence-corrected chi connectivity index (χ2v) is 5.20. The number of ether oxygens (including phenoxy) is 2. The summed E-state index contributed by atoms with van der Waals surface area (Å²) in [6, 6.07) is 10.3. The lowest BCUT2D eigenvalue weighted by Gasteiger charge is -2.12. The Morgan fingerprint density at radius 1 is 1.20 bits per heavy atom. The standard InChI is InChI=1S/C17H18N2O6/c1-2-22-13-5-7-14(8-6-13)24-11-12(20)10-19-17(21)25-16(18-19)15-4-3-9-23-15/h3-9,12,20H,2,10-11H2,1H3/t12-/m0/s1. The lowest BCUT2D eigenvalue weighted by molar-refractivity contribution is 0.0875. The smallest absolute Gasteiger partial charge is 0.437 e. The molecule has 1 N–H and O–H groups in total. The Labute approximate surface area is 143 Å². The third kappa shape index (κ3) is 4.30. The fraction of sp³-hybridized carbons (Fsp3) is 0.294. The quantitative estimate of drug-likeness (QED) is 0.665. The van der Waals surface area contributed by atoms with Crippen molar-refractivity contribution in [2.45, 2.75) is 19.6 Å². The summed E-state index contributed by atoms with van der Waals surface area (Å²) >= 11 is 0. The molecule has 2 heterocycles. The molecule has 0 unspecified atom stereocenters. The van der Waals surface area contributed by atoms with Crippen molar-refractivity contribution in [1.29, 1.82) is 0 Å². The van der Waals surface area contributed by atoms with Gasteiger partial charge in [0.25, 0.3) is 5.89 Å². The van der Waals surface area contributed by atoms with Gasteiger partial charge in [-0.3, -0.25) is 0 Å². The van der Waals surface area contributed by atoms with E-state index in [1.54, 1.807) is 36.4 Å². The minimum absolute atomic E-state index is 0.00334. The molecule has 8 nitrogen and oxygen atoms in total. The molecule has 132 valence electrons. The summed E-state index contributed by atoms with van der Waals surface area (Å²) in [7, 11) is 0. The third-order valence-corrected chi connectivity index (χ3v) is 3.30. The third-order valence-electron chi connectivity index (χ3n) is 3.30. The molecule has 0 saturated carbocycles. The summed E-state index contributed by atoms with van der Waals surface area (Å²) in [5.74, 6) is 1.07. The van der Waals surface area contributed by atoms with E-state index in [9.17, 15) is 9.90 Å². The molecule has 0 aliphatic heterocycles. The van der Waals surface area contributed by atoms with Gasteiger partial charge >= 0.3 is 5.76 Å². The van der Waals surface area contributed by atoms with E-state index in [1.807, 2.05) is 6.92 Å². The lowest BCUT2D eigenvalue weighted by Crippen LogP contribution is -2.29. The number of furan rings is 1. The van der Waals surface area contributed by atoms with Crippen LogP contribution in [0.1, 0.15) is 6.92 Å². The Morgan fingerprint density at radius 2 is 1.92 bits per heavy atom. The summed E-state index contributed by atoms with van der Waals surface area (Å²) in [6.45, 7) is 2.44. The normalized spacial score (nSPS) is 12.1. The zero-order valence-corrected chi connectivity index (χ0v) is 13.6. The molecule has 2 aromatic heterocycles. The van der Waals surface area contributed by atoms with Crippen molar-refractivity contribution in [3.05, 3.63) is 53.2 Å². The fourth-order valence-electron chi connectivity index (χ4n) is 2.16. The van der Waals surface area contributed by atoms with Gasteiger partial charge in [0.15, 0.2) is 5.76 Å². The van der Waals surface area contributed by atoms with Crippen LogP contribution in [0, 0.1) is 0 Å². The van der Waals surface area contributed by atoms with Crippen molar-refractivity contribution in [2.24, 2.45) is 0 Å². The minimum Gasteiger partial charge on any atom is -0.494 e. The largest absolute Gasteiger partial charge is 0.494 e. The maximum atomic E-state index is 11.8. The van der Waals surface area contributed by atoms with Crippen LogP contribution >= 0.6 is 0 Å². The topological polar surface area (TPSA) is 99.9 Å². The number of rotatable bonds is 8. The van der Waals surface area contributed by atoms with Gasteiger partial charge in [-0.15, -0.1) is 5.10 Å². The number of hydrogen-bond donors (Lipinski definition) is 1. The maximum Gasteiger partial charge on any atom is 0.437 e. The highest BCUT2D eigenvalue weighted by Gasteiger charge is 2.15. The first-order valence-electron chi connectivity index (χ1n) is 7.81. The second kappa shape index (κ2) is 7.71. The van der Waals surface area contributed by atoms with E-state index in [1.165, 1.54) is 6.26 Å². The monoisotopic (exact) mass is 346 g/mol. The Morgan fingerprint density at radius 3 is 2.56 bits per heavy atom. The Kier molecular flexibility index (Phi) is 5.20. The first-order valence-corrected chi connectivity index (χ1v) is 7.81. The molecule has 1 atom stereocenters. The summed E-state index contributed by atoms with van der Waals surface area (Å²) < 4.78 is 22.0. The Hall–Kier alpha value is -3.00. The Balaban J connectivity index is 1.56. The molecule has 0 aliphatic rings. The molecule has 0 aliphatic carbocycles. The van der Waals surface area contributed by atoms with E-state index in [4.69, 9.17) is 18.3 Å². The molecule has 0 fully saturated rings. The molecular formula is C17H18N2O6. The van der Waals surface area contributed by atoms with Crippen LogP contribution in [0.25, 0.3) is 11.7 Å². The Bertz CT molecular complexity index is 835. The predicted molar refractivity (Wildman–Crippen MR) is 87.6 cm³/mol. The van der Waals surface area contributed by atoms with E-state index in [0.717, 1.165) is 10.4 Å². The predicted octanol–water partition coefficient (Wildman–Crippen LogP) is 1.93. The van der Waals surface area contributed by atoms with Gasteiger partial charge in [0.1, 0.15) is 24.2 Å². The first-order chi connectivity index (χ1) is 12.2. The highest BCUT2D eigenvalue weighted by molar-refractivity contribution is 5.42. The summed E-state index contributed by atoms with van der Waals surface area (Å²) in [5.41, 5.74) is 0. The zero-order chi connectivity index (χ0) is 17.6. The highest BCUT2D eigenvalue weighted by atomic mass is 16.5.